The summed E-state index contributed by atoms with van der Waals surface area (Å²) in [6.45, 7) is 0. The molecular weight excluding hydrogens is 146 g/mol. The molecule has 0 aliphatic heterocycles. The van der Waals surface area contributed by atoms with Crippen molar-refractivity contribution in [2.75, 3.05) is 0 Å². The van der Waals surface area contributed by atoms with Crippen molar-refractivity contribution in [1.29, 1.82) is 0 Å². The molecule has 0 aromatic rings. The molecule has 0 heterocycles. The quantitative estimate of drug-likeness (QED) is 0.268. The number of hydrogen-bond donors (Lipinski definition) is 2. The zero-order chi connectivity index (χ0) is 4.50. The second-order valence-electron chi connectivity index (χ2n) is 0.448. The molecule has 0 atom stereocenters. The third-order valence-corrected chi connectivity index (χ3v) is 0. The molecule has 0 saturated carbocycles. The largest absolute Gasteiger partial charge is 1.00 e. The predicted molar refractivity (Wildman–Crippen MR) is 28.8 cm³/mol. The summed E-state index contributed by atoms with van der Waals surface area (Å²) in [5, 5.41) is 0. The Morgan fingerprint density at radius 2 is 1.25 bits per heavy atom. The van der Waals surface area contributed by atoms with Crippen LogP contribution in [0.2, 0.25) is 0 Å². The van der Waals surface area contributed by atoms with Crippen LogP contribution in [0.4, 0.5) is 0 Å². The van der Waals surface area contributed by atoms with E-state index in [1.807, 2.05) is 0 Å². The van der Waals surface area contributed by atoms with Crippen molar-refractivity contribution in [1.82, 2.24) is 0 Å². The molecule has 0 amide bonds. The Morgan fingerprint density at radius 3 is 1.25 bits per heavy atom. The maximum atomic E-state index is 8.74. The molecule has 0 saturated heterocycles. The van der Waals surface area contributed by atoms with Crippen molar-refractivity contribution in [2.24, 2.45) is 0 Å². The molecule has 0 spiro atoms. The van der Waals surface area contributed by atoms with Gasteiger partial charge in [0.15, 0.2) is 17.4 Å². The van der Waals surface area contributed by atoms with Crippen LogP contribution < -0.4 is 18.9 Å². The van der Waals surface area contributed by atoms with Crippen LogP contribution >= 0.6 is 0 Å². The summed E-state index contributed by atoms with van der Waals surface area (Å²) in [5.74, 6) is 0. The van der Waals surface area contributed by atoms with Crippen molar-refractivity contribution >= 4 is 27.8 Å². The van der Waals surface area contributed by atoms with Crippen LogP contribution in [0.25, 0.3) is 0 Å². The molecule has 0 aliphatic carbocycles. The average Bonchev–Trinajstić information content (AvgIpc) is 0.722. The minimum absolute atomic E-state index is 0. The van der Waals surface area contributed by atoms with Gasteiger partial charge in [0.25, 0.3) is 0 Å². The Morgan fingerprint density at radius 1 is 1.25 bits per heavy atom. The molecular formula is H8AlLiO5S. The second-order valence-corrected chi connectivity index (χ2v) is 1.34. The van der Waals surface area contributed by atoms with Gasteiger partial charge in [0.05, 0.1) is 0 Å². The minimum atomic E-state index is -4.67. The Labute approximate surface area is 71.1 Å². The van der Waals surface area contributed by atoms with Crippen LogP contribution in [0, 0.1) is 0 Å². The van der Waals surface area contributed by atoms with Gasteiger partial charge in [0, 0.05) is 0 Å². The fourth-order valence-electron chi connectivity index (χ4n) is 0. The SMILES string of the molecule is O.O=S(=O)(O)O.[AlH3].[H-].[Li+]. The van der Waals surface area contributed by atoms with Gasteiger partial charge in [-0.1, -0.05) is 0 Å². The third-order valence-electron chi connectivity index (χ3n) is 0. The van der Waals surface area contributed by atoms with Crippen LogP contribution in [0.1, 0.15) is 1.43 Å². The molecule has 0 rings (SSSR count). The van der Waals surface area contributed by atoms with E-state index in [-0.39, 0.29) is 43.1 Å². The van der Waals surface area contributed by atoms with E-state index in [1.165, 1.54) is 0 Å². The van der Waals surface area contributed by atoms with Gasteiger partial charge >= 0.3 is 29.3 Å². The van der Waals surface area contributed by atoms with Gasteiger partial charge in [0.1, 0.15) is 0 Å². The van der Waals surface area contributed by atoms with E-state index < -0.39 is 10.4 Å². The average molecular weight is 154 g/mol. The van der Waals surface area contributed by atoms with E-state index in [2.05, 4.69) is 0 Å². The van der Waals surface area contributed by atoms with Crippen LogP contribution in [0.5, 0.6) is 0 Å². The summed E-state index contributed by atoms with van der Waals surface area (Å²) in [5.41, 5.74) is 0. The molecule has 4 N–H and O–H groups in total. The fourth-order valence-corrected chi connectivity index (χ4v) is 0. The zero-order valence-corrected chi connectivity index (χ0v) is 4.44. The molecule has 0 radical (unpaired) electrons. The molecule has 0 aliphatic rings. The first-order chi connectivity index (χ1) is 2.00. The summed E-state index contributed by atoms with van der Waals surface area (Å²) in [4.78, 5) is 0. The number of rotatable bonds is 0. The molecule has 0 unspecified atom stereocenters. The van der Waals surface area contributed by atoms with Crippen LogP contribution in [0.15, 0.2) is 0 Å². The summed E-state index contributed by atoms with van der Waals surface area (Å²) in [6, 6.07) is 0. The van der Waals surface area contributed by atoms with E-state index >= 15 is 0 Å². The van der Waals surface area contributed by atoms with Gasteiger partial charge in [-0.15, -0.1) is 0 Å². The predicted octanol–water partition coefficient (Wildman–Crippen LogP) is -5.54. The van der Waals surface area contributed by atoms with Gasteiger partial charge in [-0.25, -0.2) is 0 Å². The van der Waals surface area contributed by atoms with Gasteiger partial charge < -0.3 is 6.90 Å². The Balaban J connectivity index is -0.0000000133. The van der Waals surface area contributed by atoms with E-state index in [0.717, 1.165) is 0 Å². The van der Waals surface area contributed by atoms with Crippen molar-refractivity contribution in [3.8, 4) is 0 Å². The van der Waals surface area contributed by atoms with Crippen molar-refractivity contribution in [3.63, 3.8) is 0 Å². The maximum absolute atomic E-state index is 8.74. The standard InChI is InChI=1S/Al.Li.H2O4S.H2O.4H/c;;1-5(2,3)4;;;;;/h;;(H2,1,2,3,4);1H2;;;;/q;+1;;;;;;-1. The second kappa shape index (κ2) is 7.96. The van der Waals surface area contributed by atoms with Crippen molar-refractivity contribution in [3.05, 3.63) is 0 Å². The third kappa shape index (κ3) is 268. The maximum Gasteiger partial charge on any atom is 1.00 e. The fraction of sp³-hybridized carbons (Fsp3) is 0. The molecule has 48 valence electrons. The van der Waals surface area contributed by atoms with E-state index in [9.17, 15) is 0 Å². The van der Waals surface area contributed by atoms with E-state index in [0.29, 0.717) is 0 Å². The summed E-state index contributed by atoms with van der Waals surface area (Å²) >= 11 is 0. The smallest absolute Gasteiger partial charge is 1.00 e. The van der Waals surface area contributed by atoms with Crippen LogP contribution in [-0.4, -0.2) is 40.4 Å². The number of hydrogen-bond acceptors (Lipinski definition) is 2. The zero-order valence-electron chi connectivity index (χ0n) is 4.62. The molecule has 0 aromatic carbocycles. The molecule has 5 nitrogen and oxygen atoms in total. The van der Waals surface area contributed by atoms with Crippen LogP contribution in [-0.2, 0) is 10.4 Å². The minimum Gasteiger partial charge on any atom is -1.00 e. The van der Waals surface area contributed by atoms with Crippen LogP contribution in [0.3, 0.4) is 0 Å². The molecule has 0 aromatic heterocycles. The molecule has 0 bridgehead atoms. The van der Waals surface area contributed by atoms with Crippen molar-refractivity contribution in [2.45, 2.75) is 0 Å². The first-order valence-electron chi connectivity index (χ1n) is 0.698. The van der Waals surface area contributed by atoms with Gasteiger partial charge in [0.2, 0.25) is 0 Å². The molecule has 8 heteroatoms. The Hall–Kier alpha value is 0.960. The topological polar surface area (TPSA) is 106 Å². The Bertz CT molecular complexity index is 100. The first kappa shape index (κ1) is 23.1. The summed E-state index contributed by atoms with van der Waals surface area (Å²) in [7, 11) is -4.67. The summed E-state index contributed by atoms with van der Waals surface area (Å²) in [6.07, 6.45) is 0. The summed E-state index contributed by atoms with van der Waals surface area (Å²) < 4.78 is 31.6. The van der Waals surface area contributed by atoms with Crippen molar-refractivity contribution < 1.29 is 43.3 Å². The molecule has 8 heavy (non-hydrogen) atoms. The van der Waals surface area contributed by atoms with Gasteiger partial charge in [-0.3, -0.25) is 9.11 Å². The van der Waals surface area contributed by atoms with Gasteiger partial charge in [-0.2, -0.15) is 8.42 Å². The van der Waals surface area contributed by atoms with Gasteiger partial charge in [-0.05, 0) is 0 Å². The van der Waals surface area contributed by atoms with E-state index in [1.54, 1.807) is 0 Å². The monoisotopic (exact) mass is 154 g/mol. The molecule has 0 fully saturated rings. The first-order valence-corrected chi connectivity index (χ1v) is 2.10. The normalized spacial score (nSPS) is 7.25. The van der Waals surface area contributed by atoms with E-state index in [4.69, 9.17) is 17.5 Å². The Kier molecular flexibility index (Phi) is 23.0.